The fourth-order valence-corrected chi connectivity index (χ4v) is 4.64. The van der Waals surface area contributed by atoms with Crippen LogP contribution in [0.2, 0.25) is 0 Å². The summed E-state index contributed by atoms with van der Waals surface area (Å²) in [6.45, 7) is 5.84. The van der Waals surface area contributed by atoms with Crippen LogP contribution in [-0.2, 0) is 9.59 Å². The first kappa shape index (κ1) is 23.9. The van der Waals surface area contributed by atoms with Gasteiger partial charge in [0.25, 0.3) is 11.7 Å². The summed E-state index contributed by atoms with van der Waals surface area (Å²) in [5.41, 5.74) is 2.45. The molecule has 8 heteroatoms. The molecular formula is C28H24BrNO6. The molecule has 5 rings (SSSR count). The molecule has 1 amide bonds. The minimum absolute atomic E-state index is 0.00392. The van der Waals surface area contributed by atoms with Gasteiger partial charge in [-0.05, 0) is 68.3 Å². The second kappa shape index (κ2) is 9.35. The number of amides is 1. The number of rotatable bonds is 5. The van der Waals surface area contributed by atoms with E-state index in [0.717, 1.165) is 10.0 Å². The third-order valence-corrected chi connectivity index (χ3v) is 6.97. The average Bonchev–Trinajstić information content (AvgIpc) is 3.42. The van der Waals surface area contributed by atoms with Gasteiger partial charge in [-0.2, -0.15) is 0 Å². The van der Waals surface area contributed by atoms with Crippen molar-refractivity contribution < 1.29 is 28.9 Å². The van der Waals surface area contributed by atoms with Crippen LogP contribution in [0.5, 0.6) is 17.2 Å². The Hall–Kier alpha value is -3.78. The van der Waals surface area contributed by atoms with Gasteiger partial charge < -0.3 is 19.3 Å². The Morgan fingerprint density at radius 3 is 2.44 bits per heavy atom. The second-order valence-corrected chi connectivity index (χ2v) is 9.76. The number of fused-ring (bicyclic) bond motifs is 1. The number of halogens is 1. The molecule has 1 fully saturated rings. The van der Waals surface area contributed by atoms with Gasteiger partial charge in [0.2, 0.25) is 6.79 Å². The average molecular weight is 550 g/mol. The van der Waals surface area contributed by atoms with Crippen molar-refractivity contribution in [1.82, 2.24) is 0 Å². The number of benzene rings is 3. The lowest BCUT2D eigenvalue weighted by atomic mass is 9.94. The van der Waals surface area contributed by atoms with Gasteiger partial charge in [0.1, 0.15) is 11.5 Å². The van der Waals surface area contributed by atoms with Crippen molar-refractivity contribution in [3.05, 3.63) is 87.4 Å². The Morgan fingerprint density at radius 2 is 1.75 bits per heavy atom. The second-order valence-electron chi connectivity index (χ2n) is 8.91. The maximum Gasteiger partial charge on any atom is 0.300 e. The van der Waals surface area contributed by atoms with Gasteiger partial charge >= 0.3 is 0 Å². The number of carbonyl (C=O) groups is 2. The minimum Gasteiger partial charge on any atom is -0.507 e. The van der Waals surface area contributed by atoms with E-state index in [-0.39, 0.29) is 24.2 Å². The van der Waals surface area contributed by atoms with E-state index < -0.39 is 17.7 Å². The molecule has 3 aromatic rings. The summed E-state index contributed by atoms with van der Waals surface area (Å²) in [4.78, 5) is 28.2. The topological polar surface area (TPSA) is 85.3 Å². The number of carbonyl (C=O) groups excluding carboxylic acids is 2. The number of aliphatic hydroxyl groups excluding tert-OH is 1. The van der Waals surface area contributed by atoms with Gasteiger partial charge in [0, 0.05) is 21.8 Å². The van der Waals surface area contributed by atoms with Crippen LogP contribution in [-0.4, -0.2) is 29.7 Å². The number of aryl methyl sites for hydroxylation is 1. The smallest absolute Gasteiger partial charge is 0.300 e. The number of hydrogen-bond acceptors (Lipinski definition) is 6. The number of ketones is 1. The molecule has 2 heterocycles. The Bertz CT molecular complexity index is 1400. The number of aliphatic hydroxyl groups is 1. The molecule has 0 spiro atoms. The summed E-state index contributed by atoms with van der Waals surface area (Å²) in [7, 11) is 0. The maximum atomic E-state index is 13.4. The molecule has 0 aliphatic carbocycles. The summed E-state index contributed by atoms with van der Waals surface area (Å²) in [6, 6.07) is 16.7. The molecule has 1 atom stereocenters. The summed E-state index contributed by atoms with van der Waals surface area (Å²) in [5, 5.41) is 11.3. The third kappa shape index (κ3) is 4.22. The first-order chi connectivity index (χ1) is 17.2. The van der Waals surface area contributed by atoms with E-state index in [1.165, 1.54) is 4.90 Å². The monoisotopic (exact) mass is 549 g/mol. The van der Waals surface area contributed by atoms with E-state index in [0.29, 0.717) is 34.1 Å². The molecule has 2 aliphatic rings. The standard InChI is InChI=1S/C28H24BrNO6/c1-15(2)36-20-8-4-17(5-9-20)25-24(26(31)18-6-10-21(29)16(3)12-18)27(32)28(33)30(25)19-7-11-22-23(13-19)35-14-34-22/h4-13,15,25,31H,14H2,1-3H3/b26-24+. The van der Waals surface area contributed by atoms with Crippen LogP contribution in [0.4, 0.5) is 5.69 Å². The SMILES string of the molecule is Cc1cc(/C(O)=C2\C(=O)C(=O)N(c3ccc4c(c3)OCO4)C2c2ccc(OC(C)C)cc2)ccc1Br. The van der Waals surface area contributed by atoms with Crippen LogP contribution < -0.4 is 19.1 Å². The maximum absolute atomic E-state index is 13.4. The summed E-state index contributed by atoms with van der Waals surface area (Å²) < 4.78 is 17.5. The fourth-order valence-electron chi connectivity index (χ4n) is 4.40. The van der Waals surface area contributed by atoms with E-state index in [2.05, 4.69) is 15.9 Å². The van der Waals surface area contributed by atoms with Crippen molar-refractivity contribution in [2.75, 3.05) is 11.7 Å². The van der Waals surface area contributed by atoms with Crippen molar-refractivity contribution in [3.8, 4) is 17.2 Å². The largest absolute Gasteiger partial charge is 0.507 e. The zero-order valence-electron chi connectivity index (χ0n) is 19.9. The molecule has 36 heavy (non-hydrogen) atoms. The van der Waals surface area contributed by atoms with Crippen molar-refractivity contribution >= 4 is 39.1 Å². The van der Waals surface area contributed by atoms with E-state index in [1.807, 2.05) is 20.8 Å². The molecule has 1 unspecified atom stereocenters. The van der Waals surface area contributed by atoms with Gasteiger partial charge in [0.05, 0.1) is 17.7 Å². The van der Waals surface area contributed by atoms with Crippen LogP contribution in [0.1, 0.15) is 36.6 Å². The van der Waals surface area contributed by atoms with Crippen molar-refractivity contribution in [1.29, 1.82) is 0 Å². The van der Waals surface area contributed by atoms with Gasteiger partial charge in [-0.3, -0.25) is 14.5 Å². The van der Waals surface area contributed by atoms with Crippen LogP contribution in [0, 0.1) is 6.92 Å². The number of ether oxygens (including phenoxy) is 3. The van der Waals surface area contributed by atoms with Crippen molar-refractivity contribution in [2.24, 2.45) is 0 Å². The number of hydrogen-bond donors (Lipinski definition) is 1. The van der Waals surface area contributed by atoms with Gasteiger partial charge in [-0.25, -0.2) is 0 Å². The first-order valence-electron chi connectivity index (χ1n) is 11.5. The zero-order valence-corrected chi connectivity index (χ0v) is 21.5. The van der Waals surface area contributed by atoms with E-state index in [1.54, 1.807) is 60.7 Å². The molecule has 0 aromatic heterocycles. The van der Waals surface area contributed by atoms with E-state index in [9.17, 15) is 14.7 Å². The van der Waals surface area contributed by atoms with Crippen molar-refractivity contribution in [2.45, 2.75) is 32.9 Å². The number of Topliss-reactive ketones (excluding diaryl/α,β-unsaturated/α-hetero) is 1. The van der Waals surface area contributed by atoms with E-state index in [4.69, 9.17) is 14.2 Å². The summed E-state index contributed by atoms with van der Waals surface area (Å²) in [6.07, 6.45) is -0.00392. The first-order valence-corrected chi connectivity index (χ1v) is 12.3. The molecule has 3 aromatic carbocycles. The lowest BCUT2D eigenvalue weighted by Gasteiger charge is -2.26. The van der Waals surface area contributed by atoms with Gasteiger partial charge in [0.15, 0.2) is 11.5 Å². The Balaban J connectivity index is 1.67. The third-order valence-electron chi connectivity index (χ3n) is 6.08. The van der Waals surface area contributed by atoms with Crippen molar-refractivity contribution in [3.63, 3.8) is 0 Å². The molecule has 0 saturated carbocycles. The highest BCUT2D eigenvalue weighted by molar-refractivity contribution is 9.10. The van der Waals surface area contributed by atoms with Gasteiger partial charge in [-0.15, -0.1) is 0 Å². The van der Waals surface area contributed by atoms with Crippen LogP contribution in [0.25, 0.3) is 5.76 Å². The molecule has 0 bridgehead atoms. The summed E-state index contributed by atoms with van der Waals surface area (Å²) >= 11 is 3.46. The lowest BCUT2D eigenvalue weighted by Crippen LogP contribution is -2.29. The van der Waals surface area contributed by atoms with Crippen LogP contribution >= 0.6 is 15.9 Å². The quantitative estimate of drug-likeness (QED) is 0.242. The summed E-state index contributed by atoms with van der Waals surface area (Å²) in [5.74, 6) is -0.0307. The molecule has 7 nitrogen and oxygen atoms in total. The Kier molecular flexibility index (Phi) is 6.22. The fraction of sp³-hybridized carbons (Fsp3) is 0.214. The highest BCUT2D eigenvalue weighted by Gasteiger charge is 2.47. The molecule has 0 radical (unpaired) electrons. The Labute approximate surface area is 217 Å². The normalized spacial score (nSPS) is 18.2. The zero-order chi connectivity index (χ0) is 25.6. The van der Waals surface area contributed by atoms with E-state index >= 15 is 0 Å². The molecule has 1 saturated heterocycles. The van der Waals surface area contributed by atoms with Crippen LogP contribution in [0.3, 0.4) is 0 Å². The number of nitrogens with zero attached hydrogens (tertiary/aromatic N) is 1. The molecule has 184 valence electrons. The molecule has 2 aliphatic heterocycles. The minimum atomic E-state index is -0.859. The predicted octanol–water partition coefficient (Wildman–Crippen LogP) is 5.90. The highest BCUT2D eigenvalue weighted by Crippen LogP contribution is 2.45. The van der Waals surface area contributed by atoms with Gasteiger partial charge in [-0.1, -0.05) is 34.1 Å². The van der Waals surface area contributed by atoms with Crippen LogP contribution in [0.15, 0.2) is 70.7 Å². The number of anilines is 1. The Morgan fingerprint density at radius 1 is 1.03 bits per heavy atom. The molecule has 1 N–H and O–H groups in total. The highest BCUT2D eigenvalue weighted by atomic mass is 79.9. The lowest BCUT2D eigenvalue weighted by molar-refractivity contribution is -0.132. The predicted molar refractivity (Wildman–Crippen MR) is 138 cm³/mol. The molecular weight excluding hydrogens is 526 g/mol.